The van der Waals surface area contributed by atoms with E-state index in [9.17, 15) is 18.0 Å². The summed E-state index contributed by atoms with van der Waals surface area (Å²) in [6.45, 7) is 1.88. The van der Waals surface area contributed by atoms with E-state index in [2.05, 4.69) is 0 Å². The van der Waals surface area contributed by atoms with Crippen LogP contribution in [-0.4, -0.2) is 36.7 Å². The van der Waals surface area contributed by atoms with Crippen molar-refractivity contribution in [3.05, 3.63) is 29.8 Å². The molecule has 3 fully saturated rings. The number of rotatable bonds is 2. The molecule has 6 nitrogen and oxygen atoms in total. The number of esters is 2. The van der Waals surface area contributed by atoms with Crippen molar-refractivity contribution in [2.45, 2.75) is 36.7 Å². The average molecular weight is 321 g/mol. The fourth-order valence-corrected chi connectivity index (χ4v) is 5.94. The van der Waals surface area contributed by atoms with E-state index >= 15 is 0 Å². The van der Waals surface area contributed by atoms with Crippen molar-refractivity contribution in [2.75, 3.05) is 0 Å². The topological polar surface area (TPSA) is 80.8 Å². The van der Waals surface area contributed by atoms with E-state index in [0.29, 0.717) is 12.8 Å². The third kappa shape index (κ3) is 1.66. The molecule has 7 heteroatoms. The van der Waals surface area contributed by atoms with Crippen LogP contribution in [0.5, 0.6) is 0 Å². The molecule has 1 aromatic carbocycles. The van der Waals surface area contributed by atoms with Crippen LogP contribution in [0.2, 0.25) is 0 Å². The number of ether oxygens (including phenoxy) is 1. The van der Waals surface area contributed by atoms with E-state index in [4.69, 9.17) is 4.74 Å². The number of hydrogen-bond acceptors (Lipinski definition) is 5. The fourth-order valence-electron chi connectivity index (χ4n) is 4.03. The quantitative estimate of drug-likeness (QED) is 0.596. The van der Waals surface area contributed by atoms with Crippen LogP contribution in [0.4, 0.5) is 0 Å². The number of cyclic esters (lactones) is 2. The first-order chi connectivity index (χ1) is 10.4. The van der Waals surface area contributed by atoms with Gasteiger partial charge in [-0.3, -0.25) is 9.59 Å². The van der Waals surface area contributed by atoms with Crippen LogP contribution in [-0.2, 0) is 24.3 Å². The molecule has 0 aromatic heterocycles. The van der Waals surface area contributed by atoms with Gasteiger partial charge in [0, 0.05) is 12.1 Å². The largest absolute Gasteiger partial charge is 0.393 e. The van der Waals surface area contributed by atoms with Crippen molar-refractivity contribution >= 4 is 22.0 Å². The van der Waals surface area contributed by atoms with Gasteiger partial charge in [0.15, 0.2) is 0 Å². The normalized spacial score (nSPS) is 34.0. The van der Waals surface area contributed by atoms with Crippen LogP contribution in [0, 0.1) is 18.8 Å². The highest BCUT2D eigenvalue weighted by Crippen LogP contribution is 2.51. The molecule has 3 heterocycles. The van der Waals surface area contributed by atoms with Gasteiger partial charge >= 0.3 is 11.9 Å². The number of hydrogen-bond donors (Lipinski definition) is 0. The van der Waals surface area contributed by atoms with Crippen molar-refractivity contribution in [1.82, 2.24) is 4.31 Å². The van der Waals surface area contributed by atoms with E-state index in [-0.39, 0.29) is 4.90 Å². The second-order valence-corrected chi connectivity index (χ2v) is 7.99. The molecule has 3 aliphatic rings. The number of benzene rings is 1. The minimum Gasteiger partial charge on any atom is -0.393 e. The Hall–Kier alpha value is -1.73. The maximum atomic E-state index is 12.9. The Bertz CT molecular complexity index is 742. The van der Waals surface area contributed by atoms with Gasteiger partial charge in [-0.1, -0.05) is 17.7 Å². The van der Waals surface area contributed by atoms with Gasteiger partial charge in [-0.05, 0) is 31.9 Å². The second-order valence-electron chi connectivity index (χ2n) is 6.15. The first kappa shape index (κ1) is 13.9. The molecule has 1 aromatic rings. The third-order valence-electron chi connectivity index (χ3n) is 4.97. The lowest BCUT2D eigenvalue weighted by atomic mass is 9.81. The monoisotopic (exact) mass is 321 g/mol. The van der Waals surface area contributed by atoms with Crippen molar-refractivity contribution in [3.63, 3.8) is 0 Å². The Balaban J connectivity index is 1.76. The van der Waals surface area contributed by atoms with Crippen molar-refractivity contribution in [3.8, 4) is 0 Å². The predicted octanol–water partition coefficient (Wildman–Crippen LogP) is 0.846. The number of nitrogens with zero attached hydrogens (tertiary/aromatic N) is 1. The summed E-state index contributed by atoms with van der Waals surface area (Å²) in [6.07, 6.45) is 1.19. The van der Waals surface area contributed by atoms with Gasteiger partial charge in [0.25, 0.3) is 0 Å². The number of sulfonamides is 1. The van der Waals surface area contributed by atoms with Gasteiger partial charge in [-0.2, -0.15) is 4.31 Å². The molecule has 4 atom stereocenters. The Morgan fingerprint density at radius 2 is 1.50 bits per heavy atom. The molecule has 0 aliphatic carbocycles. The molecule has 2 bridgehead atoms. The van der Waals surface area contributed by atoms with Crippen LogP contribution < -0.4 is 0 Å². The van der Waals surface area contributed by atoms with Crippen LogP contribution in [0.25, 0.3) is 0 Å². The zero-order valence-electron chi connectivity index (χ0n) is 11.9. The number of fused-ring (bicyclic) bond motifs is 5. The lowest BCUT2D eigenvalue weighted by Gasteiger charge is -2.23. The SMILES string of the molecule is Cc1ccc(S(=O)(=O)N2[C@@H]3CC[C@@H]2[C@H]2C(=O)OC(=O)[C@H]23)cc1. The molecule has 0 unspecified atom stereocenters. The summed E-state index contributed by atoms with van der Waals surface area (Å²) in [5, 5.41) is 0. The van der Waals surface area contributed by atoms with Crippen LogP contribution in [0.15, 0.2) is 29.2 Å². The molecule has 4 rings (SSSR count). The lowest BCUT2D eigenvalue weighted by molar-refractivity contribution is -0.154. The number of aryl methyl sites for hydroxylation is 1. The van der Waals surface area contributed by atoms with E-state index in [1.807, 2.05) is 6.92 Å². The molecule has 3 aliphatic heterocycles. The van der Waals surface area contributed by atoms with Gasteiger partial charge in [-0.15, -0.1) is 0 Å². The maximum absolute atomic E-state index is 12.9. The molecule has 116 valence electrons. The highest BCUT2D eigenvalue weighted by atomic mass is 32.2. The molecule has 0 amide bonds. The average Bonchev–Trinajstić information content (AvgIpc) is 3.11. The number of carbonyl (C=O) groups is 2. The van der Waals surface area contributed by atoms with E-state index in [1.54, 1.807) is 24.3 Å². The smallest absolute Gasteiger partial charge is 0.319 e. The molecular weight excluding hydrogens is 306 g/mol. The minimum atomic E-state index is -3.71. The van der Waals surface area contributed by atoms with Gasteiger partial charge in [-0.25, -0.2) is 8.42 Å². The predicted molar refractivity (Wildman–Crippen MR) is 75.1 cm³/mol. The summed E-state index contributed by atoms with van der Waals surface area (Å²) in [5.41, 5.74) is 0.971. The third-order valence-corrected chi connectivity index (χ3v) is 6.93. The van der Waals surface area contributed by atoms with Crippen LogP contribution >= 0.6 is 0 Å². The zero-order chi connectivity index (χ0) is 15.6. The zero-order valence-corrected chi connectivity index (χ0v) is 12.7. The standard InChI is InChI=1S/C15H15NO5S/c1-8-2-4-9(5-3-8)22(19,20)16-10-6-7-11(16)13-12(10)14(17)21-15(13)18/h2-5,10-13H,6-7H2,1H3/t10-,11-,12-,13+/m1/s1. The first-order valence-electron chi connectivity index (χ1n) is 7.27. The van der Waals surface area contributed by atoms with E-state index in [1.165, 1.54) is 4.31 Å². The summed E-state index contributed by atoms with van der Waals surface area (Å²) in [5.74, 6) is -2.42. The minimum absolute atomic E-state index is 0.204. The maximum Gasteiger partial charge on any atom is 0.319 e. The van der Waals surface area contributed by atoms with Gasteiger partial charge < -0.3 is 4.74 Å². The molecule has 0 N–H and O–H groups in total. The molecule has 22 heavy (non-hydrogen) atoms. The fraction of sp³-hybridized carbons (Fsp3) is 0.467. The molecule has 0 spiro atoms. The van der Waals surface area contributed by atoms with Crippen molar-refractivity contribution in [1.29, 1.82) is 0 Å². The molecular formula is C15H15NO5S. The molecule has 3 saturated heterocycles. The van der Waals surface area contributed by atoms with Crippen molar-refractivity contribution < 1.29 is 22.7 Å². The summed E-state index contributed by atoms with van der Waals surface area (Å²) in [4.78, 5) is 23.9. The van der Waals surface area contributed by atoms with Crippen LogP contribution in [0.1, 0.15) is 18.4 Å². The van der Waals surface area contributed by atoms with Gasteiger partial charge in [0.2, 0.25) is 10.0 Å². The summed E-state index contributed by atoms with van der Waals surface area (Å²) < 4.78 is 31.9. The summed E-state index contributed by atoms with van der Waals surface area (Å²) in [7, 11) is -3.71. The van der Waals surface area contributed by atoms with Gasteiger partial charge in [0.1, 0.15) is 0 Å². The Morgan fingerprint density at radius 1 is 1.00 bits per heavy atom. The first-order valence-corrected chi connectivity index (χ1v) is 8.71. The lowest BCUT2D eigenvalue weighted by Crippen LogP contribution is -2.39. The molecule has 0 saturated carbocycles. The Kier molecular flexibility index (Phi) is 2.77. The molecule has 0 radical (unpaired) electrons. The Labute approximate surface area is 128 Å². The van der Waals surface area contributed by atoms with Crippen LogP contribution in [0.3, 0.4) is 0 Å². The highest BCUT2D eigenvalue weighted by molar-refractivity contribution is 7.89. The second kappa shape index (κ2) is 4.39. The van der Waals surface area contributed by atoms with Crippen molar-refractivity contribution in [2.24, 2.45) is 11.8 Å². The van der Waals surface area contributed by atoms with Gasteiger partial charge in [0.05, 0.1) is 16.7 Å². The summed E-state index contributed by atoms with van der Waals surface area (Å²) >= 11 is 0. The Morgan fingerprint density at radius 3 is 2.00 bits per heavy atom. The highest BCUT2D eigenvalue weighted by Gasteiger charge is 2.66. The summed E-state index contributed by atoms with van der Waals surface area (Å²) in [6, 6.07) is 5.70. The van der Waals surface area contributed by atoms with E-state index < -0.39 is 45.9 Å². The van der Waals surface area contributed by atoms with E-state index in [0.717, 1.165) is 5.56 Å². The number of carbonyl (C=O) groups excluding carboxylic acids is 2.